The van der Waals surface area contributed by atoms with E-state index in [-0.39, 0.29) is 5.41 Å². The Labute approximate surface area is 105 Å². The second-order valence-corrected chi connectivity index (χ2v) is 4.78. The molecule has 0 saturated heterocycles. The van der Waals surface area contributed by atoms with Crippen molar-refractivity contribution < 1.29 is 0 Å². The molecular formula is C16H21N. The lowest BCUT2D eigenvalue weighted by molar-refractivity contribution is 0.449. The van der Waals surface area contributed by atoms with E-state index >= 15 is 0 Å². The average Bonchev–Trinajstić information content (AvgIpc) is 2.36. The van der Waals surface area contributed by atoms with Gasteiger partial charge in [0.2, 0.25) is 0 Å². The van der Waals surface area contributed by atoms with Crippen molar-refractivity contribution >= 4 is 18.0 Å². The van der Waals surface area contributed by atoms with Gasteiger partial charge in [0.05, 0.1) is 5.69 Å². The van der Waals surface area contributed by atoms with Crippen LogP contribution in [0.1, 0.15) is 32.8 Å². The molecule has 1 heteroatoms. The molecule has 0 aromatic heterocycles. The van der Waals surface area contributed by atoms with Crippen LogP contribution in [0.4, 0.5) is 5.69 Å². The number of para-hydroxylation sites is 1. The third-order valence-corrected chi connectivity index (χ3v) is 3.27. The molecule has 0 atom stereocenters. The van der Waals surface area contributed by atoms with Crippen LogP contribution in [-0.4, -0.2) is 6.21 Å². The van der Waals surface area contributed by atoms with E-state index in [0.29, 0.717) is 0 Å². The predicted octanol–water partition coefficient (Wildman–Crippen LogP) is 5.02. The highest BCUT2D eigenvalue weighted by molar-refractivity contribution is 5.83. The van der Waals surface area contributed by atoms with E-state index in [1.807, 2.05) is 36.6 Å². The second kappa shape index (κ2) is 5.62. The first-order valence-corrected chi connectivity index (χ1v) is 5.96. The molecule has 0 bridgehead atoms. The van der Waals surface area contributed by atoms with Crippen LogP contribution in [0.25, 0.3) is 6.08 Å². The van der Waals surface area contributed by atoms with Crippen LogP contribution in [0.5, 0.6) is 0 Å². The zero-order chi connectivity index (χ0) is 12.9. The SMILES string of the molecule is C=Cc1ccccc1/N=C\C(=C)C(C)(C)CC. The lowest BCUT2D eigenvalue weighted by Crippen LogP contribution is -2.13. The molecule has 0 amide bonds. The molecule has 0 saturated carbocycles. The molecular weight excluding hydrogens is 206 g/mol. The van der Waals surface area contributed by atoms with E-state index in [9.17, 15) is 0 Å². The summed E-state index contributed by atoms with van der Waals surface area (Å²) in [4.78, 5) is 4.50. The minimum Gasteiger partial charge on any atom is -0.256 e. The molecule has 0 aliphatic carbocycles. The van der Waals surface area contributed by atoms with Crippen LogP contribution in [0.3, 0.4) is 0 Å². The summed E-state index contributed by atoms with van der Waals surface area (Å²) in [6.45, 7) is 14.4. The fraction of sp³-hybridized carbons (Fsp3) is 0.312. The van der Waals surface area contributed by atoms with Crippen molar-refractivity contribution in [3.63, 3.8) is 0 Å². The van der Waals surface area contributed by atoms with E-state index in [0.717, 1.165) is 23.2 Å². The number of nitrogens with zero attached hydrogens (tertiary/aromatic N) is 1. The van der Waals surface area contributed by atoms with Gasteiger partial charge in [-0.05, 0) is 29.0 Å². The quantitative estimate of drug-likeness (QED) is 0.626. The van der Waals surface area contributed by atoms with Crippen LogP contribution >= 0.6 is 0 Å². The summed E-state index contributed by atoms with van der Waals surface area (Å²) >= 11 is 0. The summed E-state index contributed by atoms with van der Waals surface area (Å²) in [7, 11) is 0. The van der Waals surface area contributed by atoms with Gasteiger partial charge in [-0.3, -0.25) is 4.99 Å². The minimum atomic E-state index is 0.104. The summed E-state index contributed by atoms with van der Waals surface area (Å²) in [5, 5.41) is 0. The van der Waals surface area contributed by atoms with Gasteiger partial charge < -0.3 is 0 Å². The van der Waals surface area contributed by atoms with Gasteiger partial charge in [-0.2, -0.15) is 0 Å². The first-order valence-electron chi connectivity index (χ1n) is 5.96. The van der Waals surface area contributed by atoms with Crippen LogP contribution in [0, 0.1) is 5.41 Å². The highest BCUT2D eigenvalue weighted by Gasteiger charge is 2.17. The third-order valence-electron chi connectivity index (χ3n) is 3.27. The number of aliphatic imine (C=N–C) groups is 1. The van der Waals surface area contributed by atoms with Crippen molar-refractivity contribution in [3.05, 3.63) is 48.6 Å². The van der Waals surface area contributed by atoms with Crippen molar-refractivity contribution in [2.45, 2.75) is 27.2 Å². The maximum absolute atomic E-state index is 4.50. The number of benzene rings is 1. The van der Waals surface area contributed by atoms with Crippen molar-refractivity contribution in [2.24, 2.45) is 10.4 Å². The Balaban J connectivity index is 2.91. The van der Waals surface area contributed by atoms with Crippen LogP contribution in [-0.2, 0) is 0 Å². The predicted molar refractivity (Wildman–Crippen MR) is 77.9 cm³/mol. The Morgan fingerprint density at radius 2 is 2.00 bits per heavy atom. The Morgan fingerprint density at radius 1 is 1.35 bits per heavy atom. The minimum absolute atomic E-state index is 0.104. The molecule has 0 spiro atoms. The monoisotopic (exact) mass is 227 g/mol. The highest BCUT2D eigenvalue weighted by Crippen LogP contribution is 2.28. The summed E-state index contributed by atoms with van der Waals surface area (Å²) in [6, 6.07) is 7.96. The van der Waals surface area contributed by atoms with Crippen molar-refractivity contribution in [1.29, 1.82) is 0 Å². The zero-order valence-corrected chi connectivity index (χ0v) is 11.0. The van der Waals surface area contributed by atoms with Crippen LogP contribution < -0.4 is 0 Å². The van der Waals surface area contributed by atoms with Gasteiger partial charge in [0.1, 0.15) is 0 Å². The summed E-state index contributed by atoms with van der Waals surface area (Å²) in [5.41, 5.74) is 3.15. The van der Waals surface area contributed by atoms with Gasteiger partial charge in [0, 0.05) is 6.21 Å². The molecule has 1 nitrogen and oxygen atoms in total. The maximum atomic E-state index is 4.50. The van der Waals surface area contributed by atoms with Gasteiger partial charge in [0.25, 0.3) is 0 Å². The molecule has 0 aliphatic rings. The van der Waals surface area contributed by atoms with Crippen molar-refractivity contribution in [1.82, 2.24) is 0 Å². The first kappa shape index (κ1) is 13.4. The van der Waals surface area contributed by atoms with Crippen LogP contribution in [0.2, 0.25) is 0 Å². The fourth-order valence-corrected chi connectivity index (χ4v) is 1.33. The largest absolute Gasteiger partial charge is 0.256 e. The maximum Gasteiger partial charge on any atom is 0.0701 e. The second-order valence-electron chi connectivity index (χ2n) is 4.78. The molecule has 0 radical (unpaired) electrons. The van der Waals surface area contributed by atoms with Gasteiger partial charge in [0.15, 0.2) is 0 Å². The van der Waals surface area contributed by atoms with E-state index in [2.05, 4.69) is 38.9 Å². The van der Waals surface area contributed by atoms with Gasteiger partial charge in [-0.25, -0.2) is 0 Å². The topological polar surface area (TPSA) is 12.4 Å². The molecule has 0 aliphatic heterocycles. The summed E-state index contributed by atoms with van der Waals surface area (Å²) in [5.74, 6) is 0. The number of rotatable bonds is 5. The Kier molecular flexibility index (Phi) is 4.45. The highest BCUT2D eigenvalue weighted by atomic mass is 14.7. The van der Waals surface area contributed by atoms with Gasteiger partial charge in [-0.1, -0.05) is 58.2 Å². The molecule has 1 rings (SSSR count). The molecule has 0 N–H and O–H groups in total. The molecule has 0 heterocycles. The third kappa shape index (κ3) is 3.42. The number of allylic oxidation sites excluding steroid dienone is 1. The molecule has 0 fully saturated rings. The van der Waals surface area contributed by atoms with Gasteiger partial charge >= 0.3 is 0 Å². The normalized spacial score (nSPS) is 11.7. The molecule has 1 aromatic carbocycles. The number of hydrogen-bond acceptors (Lipinski definition) is 1. The van der Waals surface area contributed by atoms with E-state index < -0.39 is 0 Å². The smallest absolute Gasteiger partial charge is 0.0701 e. The van der Waals surface area contributed by atoms with Crippen molar-refractivity contribution in [2.75, 3.05) is 0 Å². The molecule has 90 valence electrons. The molecule has 1 aromatic rings. The Hall–Kier alpha value is -1.63. The standard InChI is InChI=1S/C16H21N/c1-6-14-10-8-9-11-15(14)17-12-13(3)16(4,5)7-2/h6,8-12H,1,3,7H2,2,4-5H3/b17-12-. The molecule has 17 heavy (non-hydrogen) atoms. The van der Waals surface area contributed by atoms with Crippen LogP contribution in [0.15, 0.2) is 48.0 Å². The summed E-state index contributed by atoms with van der Waals surface area (Å²) in [6.07, 6.45) is 4.74. The van der Waals surface area contributed by atoms with Gasteiger partial charge in [-0.15, -0.1) is 0 Å². The average molecular weight is 227 g/mol. The fourth-order valence-electron chi connectivity index (χ4n) is 1.33. The van der Waals surface area contributed by atoms with E-state index in [1.165, 1.54) is 0 Å². The Bertz CT molecular complexity index is 439. The molecule has 0 unspecified atom stereocenters. The first-order chi connectivity index (χ1) is 8.01. The lowest BCUT2D eigenvalue weighted by atomic mass is 9.83. The van der Waals surface area contributed by atoms with E-state index in [4.69, 9.17) is 0 Å². The lowest BCUT2D eigenvalue weighted by Gasteiger charge is -2.22. The summed E-state index contributed by atoms with van der Waals surface area (Å²) < 4.78 is 0. The van der Waals surface area contributed by atoms with E-state index in [1.54, 1.807) is 0 Å². The Morgan fingerprint density at radius 3 is 2.59 bits per heavy atom. The zero-order valence-electron chi connectivity index (χ0n) is 11.0. The van der Waals surface area contributed by atoms with Crippen molar-refractivity contribution in [3.8, 4) is 0 Å². The number of hydrogen-bond donors (Lipinski definition) is 0.